The average Bonchev–Trinajstić information content (AvgIpc) is 2.64. The van der Waals surface area contributed by atoms with E-state index in [-0.39, 0.29) is 23.1 Å². The highest BCUT2D eigenvalue weighted by Crippen LogP contribution is 2.24. The molecule has 1 saturated heterocycles. The van der Waals surface area contributed by atoms with Gasteiger partial charge in [-0.2, -0.15) is 0 Å². The summed E-state index contributed by atoms with van der Waals surface area (Å²) in [4.78, 5) is 27.7. The summed E-state index contributed by atoms with van der Waals surface area (Å²) >= 11 is 0. The monoisotopic (exact) mass is 222 g/mol. The largest absolute Gasteiger partial charge is 0.294 e. The van der Waals surface area contributed by atoms with Crippen molar-refractivity contribution < 1.29 is 14.0 Å². The first-order valence-corrected chi connectivity index (χ1v) is 5.07. The smallest absolute Gasteiger partial charge is 0.228 e. The fourth-order valence-corrected chi connectivity index (χ4v) is 1.76. The van der Waals surface area contributed by atoms with E-state index in [1.54, 1.807) is 0 Å². The Morgan fingerprint density at radius 3 is 2.88 bits per heavy atom. The summed E-state index contributed by atoms with van der Waals surface area (Å²) in [6.45, 7) is 1.75. The van der Waals surface area contributed by atoms with Crippen LogP contribution in [-0.2, 0) is 4.79 Å². The maximum atomic E-state index is 13.9. The van der Waals surface area contributed by atoms with Crippen molar-refractivity contribution in [3.05, 3.63) is 23.6 Å². The Labute approximate surface area is 92.1 Å². The van der Waals surface area contributed by atoms with Crippen LogP contribution in [0.3, 0.4) is 0 Å². The van der Waals surface area contributed by atoms with Crippen molar-refractivity contribution >= 4 is 17.5 Å². The summed E-state index contributed by atoms with van der Waals surface area (Å²) in [7, 11) is 0. The highest BCUT2D eigenvalue weighted by Gasteiger charge is 2.27. The number of amides is 1. The molecule has 84 valence electrons. The Morgan fingerprint density at radius 2 is 2.31 bits per heavy atom. The number of Topliss-reactive ketones (excluding diaryl/α,β-unsaturated/α-hetero) is 1. The lowest BCUT2D eigenvalue weighted by Gasteiger charge is -2.15. The Balaban J connectivity index is 2.45. The van der Waals surface area contributed by atoms with Gasteiger partial charge in [0.15, 0.2) is 17.4 Å². The fourth-order valence-electron chi connectivity index (χ4n) is 1.76. The van der Waals surface area contributed by atoms with Crippen LogP contribution in [0.4, 0.5) is 10.2 Å². The van der Waals surface area contributed by atoms with E-state index in [9.17, 15) is 14.0 Å². The van der Waals surface area contributed by atoms with Gasteiger partial charge >= 0.3 is 0 Å². The van der Waals surface area contributed by atoms with Gasteiger partial charge in [0.1, 0.15) is 0 Å². The first-order valence-electron chi connectivity index (χ1n) is 5.07. The van der Waals surface area contributed by atoms with Gasteiger partial charge in [0, 0.05) is 19.2 Å². The van der Waals surface area contributed by atoms with Gasteiger partial charge in [-0.25, -0.2) is 9.37 Å². The highest BCUT2D eigenvalue weighted by atomic mass is 19.1. The molecule has 1 aliphatic heterocycles. The maximum absolute atomic E-state index is 13.9. The Bertz CT molecular complexity index is 459. The third kappa shape index (κ3) is 1.68. The third-order valence-corrected chi connectivity index (χ3v) is 2.58. The molecule has 16 heavy (non-hydrogen) atoms. The number of ketones is 1. The second-order valence-electron chi connectivity index (χ2n) is 3.70. The molecule has 0 atom stereocenters. The molecule has 1 aliphatic rings. The lowest BCUT2D eigenvalue weighted by molar-refractivity contribution is -0.117. The summed E-state index contributed by atoms with van der Waals surface area (Å²) in [6, 6.07) is 1.32. The molecule has 0 aromatic carbocycles. The van der Waals surface area contributed by atoms with Crippen molar-refractivity contribution in [2.75, 3.05) is 11.4 Å². The number of rotatable bonds is 2. The molecule has 4 nitrogen and oxygen atoms in total. The van der Waals surface area contributed by atoms with Crippen molar-refractivity contribution in [1.82, 2.24) is 4.98 Å². The summed E-state index contributed by atoms with van der Waals surface area (Å²) in [5.74, 6) is -1.25. The second kappa shape index (κ2) is 4.00. The molecular formula is C11H11FN2O2. The quantitative estimate of drug-likeness (QED) is 0.713. The van der Waals surface area contributed by atoms with Crippen LogP contribution < -0.4 is 4.90 Å². The van der Waals surface area contributed by atoms with Crippen LogP contribution in [0, 0.1) is 5.82 Å². The number of halogens is 1. The SMILES string of the molecule is CC(=O)c1ccnc(N2CCCC2=O)c1F. The predicted octanol–water partition coefficient (Wildman–Crippen LogP) is 1.55. The van der Waals surface area contributed by atoms with E-state index in [4.69, 9.17) is 0 Å². The molecule has 0 spiro atoms. The molecule has 0 aliphatic carbocycles. The molecule has 0 saturated carbocycles. The minimum atomic E-state index is -0.703. The summed E-state index contributed by atoms with van der Waals surface area (Å²) in [6.07, 6.45) is 2.45. The molecular weight excluding hydrogens is 211 g/mol. The van der Waals surface area contributed by atoms with Crippen LogP contribution in [0.2, 0.25) is 0 Å². The van der Waals surface area contributed by atoms with Gasteiger partial charge in [0.2, 0.25) is 5.91 Å². The van der Waals surface area contributed by atoms with E-state index in [1.807, 2.05) is 0 Å². The van der Waals surface area contributed by atoms with E-state index >= 15 is 0 Å². The zero-order chi connectivity index (χ0) is 11.7. The Morgan fingerprint density at radius 1 is 1.56 bits per heavy atom. The summed E-state index contributed by atoms with van der Waals surface area (Å²) in [5, 5.41) is 0. The third-order valence-electron chi connectivity index (χ3n) is 2.58. The zero-order valence-corrected chi connectivity index (χ0v) is 8.86. The Kier molecular flexibility index (Phi) is 2.68. The van der Waals surface area contributed by atoms with Crippen molar-refractivity contribution in [3.8, 4) is 0 Å². The normalized spacial score (nSPS) is 15.6. The lowest BCUT2D eigenvalue weighted by atomic mass is 10.2. The average molecular weight is 222 g/mol. The molecule has 1 aromatic heterocycles. The molecule has 0 N–H and O–H groups in total. The first-order chi connectivity index (χ1) is 7.61. The molecule has 2 heterocycles. The number of carbonyl (C=O) groups is 2. The second-order valence-corrected chi connectivity index (χ2v) is 3.70. The van der Waals surface area contributed by atoms with E-state index in [0.29, 0.717) is 19.4 Å². The molecule has 0 radical (unpaired) electrons. The molecule has 0 bridgehead atoms. The molecule has 2 rings (SSSR count). The van der Waals surface area contributed by atoms with Gasteiger partial charge in [-0.1, -0.05) is 0 Å². The summed E-state index contributed by atoms with van der Waals surface area (Å²) < 4.78 is 13.9. The van der Waals surface area contributed by atoms with Gasteiger partial charge in [0.25, 0.3) is 0 Å². The van der Waals surface area contributed by atoms with Crippen LogP contribution in [0.1, 0.15) is 30.1 Å². The lowest BCUT2D eigenvalue weighted by Crippen LogP contribution is -2.26. The maximum Gasteiger partial charge on any atom is 0.228 e. The topological polar surface area (TPSA) is 50.3 Å². The number of hydrogen-bond donors (Lipinski definition) is 0. The summed E-state index contributed by atoms with van der Waals surface area (Å²) in [5.41, 5.74) is -0.0234. The van der Waals surface area contributed by atoms with E-state index < -0.39 is 5.82 Å². The minimum Gasteiger partial charge on any atom is -0.294 e. The fraction of sp³-hybridized carbons (Fsp3) is 0.364. The van der Waals surface area contributed by atoms with Gasteiger partial charge in [0.05, 0.1) is 5.56 Å². The molecule has 1 aromatic rings. The van der Waals surface area contributed by atoms with Crippen LogP contribution >= 0.6 is 0 Å². The van der Waals surface area contributed by atoms with E-state index in [2.05, 4.69) is 4.98 Å². The predicted molar refractivity (Wildman–Crippen MR) is 55.8 cm³/mol. The highest BCUT2D eigenvalue weighted by molar-refractivity contribution is 5.98. The number of pyridine rings is 1. The van der Waals surface area contributed by atoms with Gasteiger partial charge < -0.3 is 0 Å². The molecule has 1 fully saturated rings. The Hall–Kier alpha value is -1.78. The number of carbonyl (C=O) groups excluding carboxylic acids is 2. The van der Waals surface area contributed by atoms with E-state index in [1.165, 1.54) is 24.1 Å². The van der Waals surface area contributed by atoms with Crippen molar-refractivity contribution in [2.45, 2.75) is 19.8 Å². The van der Waals surface area contributed by atoms with Gasteiger partial charge in [-0.3, -0.25) is 14.5 Å². The van der Waals surface area contributed by atoms with E-state index in [0.717, 1.165) is 0 Å². The van der Waals surface area contributed by atoms with Gasteiger partial charge in [-0.05, 0) is 19.4 Å². The standard InChI is InChI=1S/C11H11FN2O2/c1-7(15)8-4-5-13-11(10(8)12)14-6-2-3-9(14)16/h4-5H,2-3,6H2,1H3. The van der Waals surface area contributed by atoms with Crippen molar-refractivity contribution in [1.29, 1.82) is 0 Å². The van der Waals surface area contributed by atoms with Crippen LogP contribution in [0.15, 0.2) is 12.3 Å². The van der Waals surface area contributed by atoms with Crippen molar-refractivity contribution in [3.63, 3.8) is 0 Å². The molecule has 0 unspecified atom stereocenters. The van der Waals surface area contributed by atoms with Crippen LogP contribution in [0.25, 0.3) is 0 Å². The van der Waals surface area contributed by atoms with Crippen molar-refractivity contribution in [2.24, 2.45) is 0 Å². The first kappa shape index (κ1) is 10.7. The number of aromatic nitrogens is 1. The minimum absolute atomic E-state index is 0.0234. The van der Waals surface area contributed by atoms with Crippen LogP contribution in [-0.4, -0.2) is 23.2 Å². The zero-order valence-electron chi connectivity index (χ0n) is 8.86. The number of nitrogens with zero attached hydrogens (tertiary/aromatic N) is 2. The molecule has 1 amide bonds. The molecule has 5 heteroatoms. The van der Waals surface area contributed by atoms with Gasteiger partial charge in [-0.15, -0.1) is 0 Å². The number of anilines is 1. The number of hydrogen-bond acceptors (Lipinski definition) is 3. The van der Waals surface area contributed by atoms with Crippen LogP contribution in [0.5, 0.6) is 0 Å².